The lowest BCUT2D eigenvalue weighted by Gasteiger charge is -2.34. The summed E-state index contributed by atoms with van der Waals surface area (Å²) in [5.74, 6) is -0.311. The molecule has 0 bridgehead atoms. The number of carbonyl (C=O) groups excluding carboxylic acids is 1. The fraction of sp³-hybridized carbons (Fsp3) is 0.389. The van der Waals surface area contributed by atoms with E-state index in [1.165, 1.54) is 15.8 Å². The number of nitrogens with zero attached hydrogens (tertiary/aromatic N) is 1. The fourth-order valence-corrected chi connectivity index (χ4v) is 5.69. The molecular formula is C18H22N2O4S2. The summed E-state index contributed by atoms with van der Waals surface area (Å²) in [4.78, 5) is 13.0. The first-order chi connectivity index (χ1) is 12.3. The van der Waals surface area contributed by atoms with Crippen molar-refractivity contribution in [1.29, 1.82) is 0 Å². The van der Waals surface area contributed by atoms with E-state index < -0.39 is 10.0 Å². The maximum atomic E-state index is 12.9. The highest BCUT2D eigenvalue weighted by atomic mass is 32.2. The minimum absolute atomic E-state index is 0.152. The molecule has 2 atom stereocenters. The van der Waals surface area contributed by atoms with Crippen LogP contribution in [0.4, 0.5) is 5.69 Å². The molecule has 1 N–H and O–H groups in total. The van der Waals surface area contributed by atoms with Crippen molar-refractivity contribution in [2.24, 2.45) is 0 Å². The minimum Gasteiger partial charge on any atom is -0.373 e. The predicted octanol–water partition coefficient (Wildman–Crippen LogP) is 3.11. The van der Waals surface area contributed by atoms with Gasteiger partial charge in [0.1, 0.15) is 0 Å². The van der Waals surface area contributed by atoms with Crippen LogP contribution >= 0.6 is 11.3 Å². The molecule has 0 aliphatic carbocycles. The second-order valence-corrected chi connectivity index (χ2v) is 9.34. The summed E-state index contributed by atoms with van der Waals surface area (Å²) in [6, 6.07) is 8.90. The lowest BCUT2D eigenvalue weighted by Crippen LogP contribution is -2.47. The molecule has 1 aliphatic heterocycles. The Hall–Kier alpha value is -1.74. The number of aryl methyl sites for hydroxylation is 1. The zero-order chi connectivity index (χ0) is 18.9. The van der Waals surface area contributed by atoms with E-state index in [4.69, 9.17) is 4.74 Å². The number of carbonyl (C=O) groups is 1. The molecule has 2 aromatic rings. The molecule has 1 saturated heterocycles. The van der Waals surface area contributed by atoms with Gasteiger partial charge < -0.3 is 10.1 Å². The molecule has 0 saturated carbocycles. The summed E-state index contributed by atoms with van der Waals surface area (Å²) in [5, 5.41) is 4.35. The lowest BCUT2D eigenvalue weighted by atomic mass is 10.2. The van der Waals surface area contributed by atoms with Gasteiger partial charge in [-0.2, -0.15) is 4.31 Å². The SMILES string of the molecule is Cc1ccccc1NC(=O)c1cc(S(=O)(=O)N2C[C@@H](C)O[C@@H](C)C2)cs1. The van der Waals surface area contributed by atoms with Gasteiger partial charge in [0, 0.05) is 24.2 Å². The normalized spacial score (nSPS) is 21.5. The molecule has 2 heterocycles. The number of amides is 1. The molecule has 0 spiro atoms. The molecule has 1 fully saturated rings. The highest BCUT2D eigenvalue weighted by Crippen LogP contribution is 2.26. The number of rotatable bonds is 4. The van der Waals surface area contributed by atoms with Crippen LogP contribution in [0.5, 0.6) is 0 Å². The molecule has 3 rings (SSSR count). The first kappa shape index (κ1) is 19.0. The summed E-state index contributed by atoms with van der Waals surface area (Å²) in [6.07, 6.45) is -0.313. The molecule has 1 aromatic carbocycles. The van der Waals surface area contributed by atoms with E-state index in [0.29, 0.717) is 23.7 Å². The van der Waals surface area contributed by atoms with Gasteiger partial charge in [-0.1, -0.05) is 18.2 Å². The summed E-state index contributed by atoms with van der Waals surface area (Å²) < 4.78 is 32.8. The second kappa shape index (κ2) is 7.48. The standard InChI is InChI=1S/C18H22N2O4S2/c1-12-6-4-5-7-16(12)19-18(21)17-8-15(11-25-17)26(22,23)20-9-13(2)24-14(3)10-20/h4-8,11,13-14H,9-10H2,1-3H3,(H,19,21)/t13-,14+. The quantitative estimate of drug-likeness (QED) is 0.865. The molecule has 26 heavy (non-hydrogen) atoms. The number of ether oxygens (including phenoxy) is 1. The van der Waals surface area contributed by atoms with Gasteiger partial charge in [0.15, 0.2) is 0 Å². The summed E-state index contributed by atoms with van der Waals surface area (Å²) in [5.41, 5.74) is 1.66. The molecule has 1 aliphatic rings. The van der Waals surface area contributed by atoms with Crippen molar-refractivity contribution in [2.45, 2.75) is 37.9 Å². The van der Waals surface area contributed by atoms with Crippen molar-refractivity contribution in [3.8, 4) is 0 Å². The Balaban J connectivity index is 1.78. The van der Waals surface area contributed by atoms with Crippen LogP contribution in [0.15, 0.2) is 40.6 Å². The summed E-state index contributed by atoms with van der Waals surface area (Å²) in [7, 11) is -3.64. The van der Waals surface area contributed by atoms with Gasteiger partial charge in [-0.05, 0) is 38.5 Å². The number of hydrogen-bond acceptors (Lipinski definition) is 5. The topological polar surface area (TPSA) is 75.7 Å². The van der Waals surface area contributed by atoms with Crippen LogP contribution in [0.1, 0.15) is 29.1 Å². The van der Waals surface area contributed by atoms with Crippen molar-refractivity contribution < 1.29 is 17.9 Å². The zero-order valence-corrected chi connectivity index (χ0v) is 16.6. The molecule has 6 nitrogen and oxygen atoms in total. The van der Waals surface area contributed by atoms with Gasteiger partial charge in [-0.25, -0.2) is 8.42 Å². The van der Waals surface area contributed by atoms with Crippen molar-refractivity contribution in [1.82, 2.24) is 4.31 Å². The third-order valence-electron chi connectivity index (χ3n) is 4.22. The number of nitrogens with one attached hydrogen (secondary N) is 1. The minimum atomic E-state index is -3.64. The van der Waals surface area contributed by atoms with Crippen LogP contribution < -0.4 is 5.32 Å². The molecule has 140 valence electrons. The van der Waals surface area contributed by atoms with E-state index in [-0.39, 0.29) is 23.0 Å². The Bertz CT molecular complexity index is 897. The Morgan fingerprint density at radius 3 is 2.54 bits per heavy atom. The van der Waals surface area contributed by atoms with Gasteiger partial charge in [0.05, 0.1) is 22.0 Å². The van der Waals surface area contributed by atoms with Gasteiger partial charge in [-0.3, -0.25) is 4.79 Å². The third kappa shape index (κ3) is 3.98. The van der Waals surface area contributed by atoms with E-state index in [0.717, 1.165) is 16.9 Å². The maximum Gasteiger partial charge on any atom is 0.265 e. The molecule has 0 unspecified atom stereocenters. The van der Waals surface area contributed by atoms with Crippen molar-refractivity contribution >= 4 is 33.0 Å². The number of thiophene rings is 1. The number of benzene rings is 1. The van der Waals surface area contributed by atoms with Gasteiger partial charge in [-0.15, -0.1) is 11.3 Å². The average molecular weight is 395 g/mol. The first-order valence-electron chi connectivity index (χ1n) is 8.38. The Morgan fingerprint density at radius 2 is 1.88 bits per heavy atom. The lowest BCUT2D eigenvalue weighted by molar-refractivity contribution is -0.0440. The Morgan fingerprint density at radius 1 is 1.23 bits per heavy atom. The molecular weight excluding hydrogens is 372 g/mol. The van der Waals surface area contributed by atoms with E-state index >= 15 is 0 Å². The van der Waals surface area contributed by atoms with Crippen LogP contribution in [0.25, 0.3) is 0 Å². The summed E-state index contributed by atoms with van der Waals surface area (Å²) >= 11 is 1.13. The van der Waals surface area contributed by atoms with Crippen molar-refractivity contribution in [3.63, 3.8) is 0 Å². The Kier molecular flexibility index (Phi) is 5.47. The number of anilines is 1. The highest BCUT2D eigenvalue weighted by molar-refractivity contribution is 7.89. The van der Waals surface area contributed by atoms with E-state index in [1.54, 1.807) is 0 Å². The predicted molar refractivity (Wildman–Crippen MR) is 102 cm³/mol. The molecule has 1 aromatic heterocycles. The van der Waals surface area contributed by atoms with Crippen LogP contribution in [-0.4, -0.2) is 43.9 Å². The van der Waals surface area contributed by atoms with Crippen molar-refractivity contribution in [3.05, 3.63) is 46.2 Å². The van der Waals surface area contributed by atoms with Gasteiger partial charge in [0.2, 0.25) is 10.0 Å². The van der Waals surface area contributed by atoms with Crippen molar-refractivity contribution in [2.75, 3.05) is 18.4 Å². The number of morpholine rings is 1. The van der Waals surface area contributed by atoms with E-state index in [9.17, 15) is 13.2 Å². The van der Waals surface area contributed by atoms with Crippen LogP contribution in [-0.2, 0) is 14.8 Å². The van der Waals surface area contributed by atoms with Gasteiger partial charge >= 0.3 is 0 Å². The van der Waals surface area contributed by atoms with E-state index in [1.807, 2.05) is 45.0 Å². The van der Waals surface area contributed by atoms with E-state index in [2.05, 4.69) is 5.32 Å². The highest BCUT2D eigenvalue weighted by Gasteiger charge is 2.33. The van der Waals surface area contributed by atoms with Crippen LogP contribution in [0.2, 0.25) is 0 Å². The molecule has 0 radical (unpaired) electrons. The number of para-hydroxylation sites is 1. The molecule has 8 heteroatoms. The van der Waals surface area contributed by atoms with Crippen LogP contribution in [0.3, 0.4) is 0 Å². The summed E-state index contributed by atoms with van der Waals surface area (Å²) in [6.45, 7) is 6.24. The zero-order valence-electron chi connectivity index (χ0n) is 14.9. The second-order valence-electron chi connectivity index (χ2n) is 6.50. The first-order valence-corrected chi connectivity index (χ1v) is 10.7. The largest absolute Gasteiger partial charge is 0.373 e. The third-order valence-corrected chi connectivity index (χ3v) is 7.10. The molecule has 1 amide bonds. The Labute approximate surface area is 157 Å². The van der Waals surface area contributed by atoms with Crippen LogP contribution in [0, 0.1) is 6.92 Å². The smallest absolute Gasteiger partial charge is 0.265 e. The average Bonchev–Trinajstić information content (AvgIpc) is 3.07. The fourth-order valence-electron chi connectivity index (χ4n) is 2.95. The number of hydrogen-bond donors (Lipinski definition) is 1. The monoisotopic (exact) mass is 394 g/mol. The van der Waals surface area contributed by atoms with Gasteiger partial charge in [0.25, 0.3) is 5.91 Å². The number of sulfonamides is 1. The maximum absolute atomic E-state index is 12.9.